The van der Waals surface area contributed by atoms with Gasteiger partial charge in [-0.2, -0.15) is 5.26 Å². The van der Waals surface area contributed by atoms with E-state index in [0.29, 0.717) is 18.7 Å². The molecule has 1 saturated heterocycles. The molecule has 1 aromatic carbocycles. The highest BCUT2D eigenvalue weighted by Crippen LogP contribution is 2.46. The van der Waals surface area contributed by atoms with Gasteiger partial charge in [-0.05, 0) is 32.0 Å². The second kappa shape index (κ2) is 5.54. The Kier molecular flexibility index (Phi) is 3.81. The van der Waals surface area contributed by atoms with Crippen LogP contribution < -0.4 is 4.74 Å². The number of amides is 1. The lowest BCUT2D eigenvalue weighted by Gasteiger charge is -2.51. The van der Waals surface area contributed by atoms with Gasteiger partial charge in [0.15, 0.2) is 0 Å². The molecule has 2 aliphatic rings. The zero-order chi connectivity index (χ0) is 16.8. The topological polar surface area (TPSA) is 62.6 Å². The molecule has 5 heteroatoms. The summed E-state index contributed by atoms with van der Waals surface area (Å²) in [6, 6.07) is 7.32. The predicted molar refractivity (Wildman–Crippen MR) is 84.9 cm³/mol. The Balaban J connectivity index is 2.13. The van der Waals surface area contributed by atoms with Gasteiger partial charge in [-0.3, -0.25) is 4.79 Å². The molecule has 122 valence electrons. The molecule has 5 nitrogen and oxygen atoms in total. The minimum atomic E-state index is -0.540. The second-order valence-corrected chi connectivity index (χ2v) is 6.99. The summed E-state index contributed by atoms with van der Waals surface area (Å²) in [6.45, 7) is 8.84. The molecular weight excluding hydrogens is 292 g/mol. The fraction of sp³-hybridized carbons (Fsp3) is 0.556. The summed E-state index contributed by atoms with van der Waals surface area (Å²) >= 11 is 0. The second-order valence-electron chi connectivity index (χ2n) is 6.99. The quantitative estimate of drug-likeness (QED) is 0.799. The minimum Gasteiger partial charge on any atom is -0.485 e. The molecule has 0 unspecified atom stereocenters. The third kappa shape index (κ3) is 2.57. The van der Waals surface area contributed by atoms with Crippen LogP contribution in [-0.2, 0) is 9.53 Å². The van der Waals surface area contributed by atoms with Crippen molar-refractivity contribution in [2.24, 2.45) is 5.92 Å². The summed E-state index contributed by atoms with van der Waals surface area (Å²) in [5.41, 5.74) is 0.886. The number of nitrogens with zero attached hydrogens (tertiary/aromatic N) is 2. The lowest BCUT2D eigenvalue weighted by molar-refractivity contribution is -0.176. The highest BCUT2D eigenvalue weighted by atomic mass is 16.6. The SMILES string of the molecule is CC(C)C(=O)N1CCO[C@@H]2[C@H]1c1cc(C#N)ccc1OC2(C)C. The first-order valence-corrected chi connectivity index (χ1v) is 8.00. The van der Waals surface area contributed by atoms with E-state index in [0.717, 1.165) is 11.3 Å². The standard InChI is InChI=1S/C18H22N2O3/c1-11(2)17(21)20-7-8-22-16-15(20)13-9-12(10-19)5-6-14(13)23-18(16,3)4/h5-6,9,11,15-16H,7-8H2,1-4H3/t15-,16-/m1/s1. The first-order valence-electron chi connectivity index (χ1n) is 8.00. The molecule has 2 atom stereocenters. The number of nitriles is 1. The van der Waals surface area contributed by atoms with Crippen LogP contribution in [0.15, 0.2) is 18.2 Å². The lowest BCUT2D eigenvalue weighted by Crippen LogP contribution is -2.60. The number of hydrogen-bond acceptors (Lipinski definition) is 4. The number of carbonyl (C=O) groups is 1. The zero-order valence-electron chi connectivity index (χ0n) is 14.0. The zero-order valence-corrected chi connectivity index (χ0v) is 14.0. The first-order chi connectivity index (χ1) is 10.8. The van der Waals surface area contributed by atoms with Crippen LogP contribution in [-0.4, -0.2) is 35.7 Å². The van der Waals surface area contributed by atoms with Crippen LogP contribution in [0.25, 0.3) is 0 Å². The predicted octanol–water partition coefficient (Wildman–Crippen LogP) is 2.65. The van der Waals surface area contributed by atoms with Crippen molar-refractivity contribution in [3.63, 3.8) is 0 Å². The molecule has 23 heavy (non-hydrogen) atoms. The van der Waals surface area contributed by atoms with Gasteiger partial charge in [-0.15, -0.1) is 0 Å². The van der Waals surface area contributed by atoms with Crippen LogP contribution in [0.1, 0.15) is 44.9 Å². The fourth-order valence-corrected chi connectivity index (χ4v) is 3.45. The van der Waals surface area contributed by atoms with Gasteiger partial charge in [0.1, 0.15) is 17.5 Å². The maximum atomic E-state index is 12.7. The summed E-state index contributed by atoms with van der Waals surface area (Å²) in [4.78, 5) is 14.6. The molecule has 2 heterocycles. The van der Waals surface area contributed by atoms with Gasteiger partial charge in [-0.25, -0.2) is 0 Å². The number of morpholine rings is 1. The smallest absolute Gasteiger partial charge is 0.225 e. The number of ether oxygens (including phenoxy) is 2. The third-order valence-electron chi connectivity index (χ3n) is 4.54. The van der Waals surface area contributed by atoms with Crippen molar-refractivity contribution in [1.29, 1.82) is 5.26 Å². The van der Waals surface area contributed by atoms with Crippen molar-refractivity contribution >= 4 is 5.91 Å². The van der Waals surface area contributed by atoms with E-state index in [1.165, 1.54) is 0 Å². The van der Waals surface area contributed by atoms with Crippen molar-refractivity contribution < 1.29 is 14.3 Å². The Morgan fingerprint density at radius 1 is 1.43 bits per heavy atom. The molecule has 0 radical (unpaired) electrons. The van der Waals surface area contributed by atoms with Gasteiger partial charge in [0, 0.05) is 18.0 Å². The van der Waals surface area contributed by atoms with Crippen molar-refractivity contribution in [2.75, 3.05) is 13.2 Å². The average molecular weight is 314 g/mol. The number of benzene rings is 1. The summed E-state index contributed by atoms with van der Waals surface area (Å²) in [5, 5.41) is 9.20. The van der Waals surface area contributed by atoms with E-state index in [1.54, 1.807) is 6.07 Å². The molecule has 1 aromatic rings. The van der Waals surface area contributed by atoms with Crippen LogP contribution in [0, 0.1) is 17.2 Å². The van der Waals surface area contributed by atoms with Gasteiger partial charge in [0.2, 0.25) is 5.91 Å². The van der Waals surface area contributed by atoms with Gasteiger partial charge in [0.25, 0.3) is 0 Å². The van der Waals surface area contributed by atoms with Gasteiger partial charge in [-0.1, -0.05) is 13.8 Å². The maximum absolute atomic E-state index is 12.7. The van der Waals surface area contributed by atoms with E-state index in [2.05, 4.69) is 6.07 Å². The summed E-state index contributed by atoms with van der Waals surface area (Å²) < 4.78 is 12.1. The van der Waals surface area contributed by atoms with Crippen LogP contribution in [0.3, 0.4) is 0 Å². The number of hydrogen-bond donors (Lipinski definition) is 0. The lowest BCUT2D eigenvalue weighted by atomic mass is 9.83. The molecule has 0 bridgehead atoms. The summed E-state index contributed by atoms with van der Waals surface area (Å²) in [6.07, 6.45) is -0.250. The number of carbonyl (C=O) groups excluding carboxylic acids is 1. The Labute approximate surface area is 136 Å². The highest BCUT2D eigenvalue weighted by Gasteiger charge is 2.50. The first kappa shape index (κ1) is 15.8. The van der Waals surface area contributed by atoms with Gasteiger partial charge in [0.05, 0.1) is 24.3 Å². The van der Waals surface area contributed by atoms with E-state index >= 15 is 0 Å². The summed E-state index contributed by atoms with van der Waals surface area (Å²) in [7, 11) is 0. The van der Waals surface area contributed by atoms with Crippen LogP contribution in [0.5, 0.6) is 5.75 Å². The third-order valence-corrected chi connectivity index (χ3v) is 4.54. The van der Waals surface area contributed by atoms with E-state index in [1.807, 2.05) is 44.7 Å². The molecule has 0 spiro atoms. The van der Waals surface area contributed by atoms with Crippen LogP contribution in [0.2, 0.25) is 0 Å². The Bertz CT molecular complexity index is 675. The van der Waals surface area contributed by atoms with Gasteiger partial charge < -0.3 is 14.4 Å². The van der Waals surface area contributed by atoms with Crippen molar-refractivity contribution in [1.82, 2.24) is 4.90 Å². The monoisotopic (exact) mass is 314 g/mol. The van der Waals surface area contributed by atoms with E-state index in [-0.39, 0.29) is 24.0 Å². The molecule has 3 rings (SSSR count). The summed E-state index contributed by atoms with van der Waals surface area (Å²) in [5.74, 6) is 0.749. The van der Waals surface area contributed by atoms with Crippen molar-refractivity contribution in [2.45, 2.75) is 45.4 Å². The van der Waals surface area contributed by atoms with Crippen LogP contribution in [0.4, 0.5) is 0 Å². The normalized spacial score (nSPS) is 25.1. The molecule has 0 saturated carbocycles. The Morgan fingerprint density at radius 2 is 2.17 bits per heavy atom. The van der Waals surface area contributed by atoms with Gasteiger partial charge >= 0.3 is 0 Å². The number of fused-ring (bicyclic) bond motifs is 3. The fourth-order valence-electron chi connectivity index (χ4n) is 3.45. The van der Waals surface area contributed by atoms with E-state index in [9.17, 15) is 10.1 Å². The average Bonchev–Trinajstić information content (AvgIpc) is 2.53. The minimum absolute atomic E-state index is 0.0812. The van der Waals surface area contributed by atoms with Crippen LogP contribution >= 0.6 is 0 Å². The Morgan fingerprint density at radius 3 is 2.83 bits per heavy atom. The maximum Gasteiger partial charge on any atom is 0.225 e. The number of rotatable bonds is 1. The Hall–Kier alpha value is -2.06. The largest absolute Gasteiger partial charge is 0.485 e. The molecule has 0 N–H and O–H groups in total. The molecule has 0 aliphatic carbocycles. The van der Waals surface area contributed by atoms with Crippen molar-refractivity contribution in [3.05, 3.63) is 29.3 Å². The van der Waals surface area contributed by atoms with E-state index < -0.39 is 5.60 Å². The molecular formula is C18H22N2O3. The molecule has 2 aliphatic heterocycles. The molecule has 1 fully saturated rings. The highest BCUT2D eigenvalue weighted by molar-refractivity contribution is 5.79. The van der Waals surface area contributed by atoms with Crippen molar-refractivity contribution in [3.8, 4) is 11.8 Å². The molecule has 1 amide bonds. The van der Waals surface area contributed by atoms with E-state index in [4.69, 9.17) is 9.47 Å². The molecule has 0 aromatic heterocycles.